The van der Waals surface area contributed by atoms with Crippen molar-refractivity contribution in [2.75, 3.05) is 6.61 Å². The average Bonchev–Trinajstić information content (AvgIpc) is 2.97. The molecule has 0 bridgehead atoms. The summed E-state index contributed by atoms with van der Waals surface area (Å²) in [6.07, 6.45) is 5.77. The first-order chi connectivity index (χ1) is 10.3. The van der Waals surface area contributed by atoms with Gasteiger partial charge in [0, 0.05) is 11.3 Å². The van der Waals surface area contributed by atoms with Gasteiger partial charge in [0.05, 0.1) is 6.61 Å². The quantitative estimate of drug-likeness (QED) is 0.626. The number of rotatable bonds is 4. The van der Waals surface area contributed by atoms with Gasteiger partial charge in [0.2, 0.25) is 0 Å². The van der Waals surface area contributed by atoms with Gasteiger partial charge in [-0.1, -0.05) is 5.10 Å². The van der Waals surface area contributed by atoms with Gasteiger partial charge in [-0.15, -0.1) is 5.10 Å². The molecule has 3 rings (SSSR count). The first-order valence-corrected chi connectivity index (χ1v) is 7.60. The number of aromatic nitrogens is 4. The van der Waals surface area contributed by atoms with Crippen molar-refractivity contribution >= 4 is 17.7 Å². The second kappa shape index (κ2) is 6.21. The summed E-state index contributed by atoms with van der Waals surface area (Å²) in [4.78, 5) is 20.1. The predicted molar refractivity (Wildman–Crippen MR) is 73.1 cm³/mol. The van der Waals surface area contributed by atoms with Gasteiger partial charge in [-0.25, -0.2) is 14.8 Å². The van der Waals surface area contributed by atoms with Gasteiger partial charge >= 0.3 is 11.9 Å². The van der Waals surface area contributed by atoms with Crippen LogP contribution in [0.2, 0.25) is 0 Å². The van der Waals surface area contributed by atoms with Gasteiger partial charge in [0.1, 0.15) is 11.4 Å². The highest BCUT2D eigenvalue weighted by molar-refractivity contribution is 7.99. The number of hydrogen-bond donors (Lipinski definition) is 0. The molecule has 0 amide bonds. The Balaban J connectivity index is 1.80. The van der Waals surface area contributed by atoms with Crippen LogP contribution in [0.15, 0.2) is 21.0 Å². The zero-order valence-electron chi connectivity index (χ0n) is 11.5. The molecule has 0 spiro atoms. The van der Waals surface area contributed by atoms with Crippen LogP contribution in [-0.4, -0.2) is 32.7 Å². The number of carbonyl (C=O) groups is 1. The standard InChI is InChI=1S/C13H14N4O3S/c1-2-19-12(18)10-16-17-13(20-10)21-11-8-5-3-4-6-9(8)14-7-15-11/h7H,2-6H2,1H3. The topological polar surface area (TPSA) is 91.0 Å². The maximum atomic E-state index is 11.5. The lowest BCUT2D eigenvalue weighted by atomic mass is 9.98. The van der Waals surface area contributed by atoms with Crippen LogP contribution in [0.25, 0.3) is 0 Å². The van der Waals surface area contributed by atoms with Crippen molar-refractivity contribution in [1.29, 1.82) is 0 Å². The largest absolute Gasteiger partial charge is 0.459 e. The van der Waals surface area contributed by atoms with Crippen LogP contribution in [0.1, 0.15) is 41.7 Å². The molecule has 2 aromatic heterocycles. The molecule has 21 heavy (non-hydrogen) atoms. The van der Waals surface area contributed by atoms with Gasteiger partial charge in [0.25, 0.3) is 5.22 Å². The minimum absolute atomic E-state index is 0.137. The van der Waals surface area contributed by atoms with Gasteiger partial charge in [-0.05, 0) is 44.4 Å². The summed E-state index contributed by atoms with van der Waals surface area (Å²) < 4.78 is 10.1. The highest BCUT2D eigenvalue weighted by Crippen LogP contribution is 2.32. The summed E-state index contributed by atoms with van der Waals surface area (Å²) in [6, 6.07) is 0. The van der Waals surface area contributed by atoms with E-state index in [1.165, 1.54) is 11.8 Å². The molecule has 8 heteroatoms. The molecule has 7 nitrogen and oxygen atoms in total. The fraction of sp³-hybridized carbons (Fsp3) is 0.462. The van der Waals surface area contributed by atoms with Gasteiger partial charge < -0.3 is 9.15 Å². The van der Waals surface area contributed by atoms with Crippen LogP contribution < -0.4 is 0 Å². The summed E-state index contributed by atoms with van der Waals surface area (Å²) in [5, 5.41) is 8.64. The second-order valence-electron chi connectivity index (χ2n) is 4.51. The Hall–Kier alpha value is -1.96. The number of carbonyl (C=O) groups excluding carboxylic acids is 1. The molecule has 0 unspecified atom stereocenters. The maximum absolute atomic E-state index is 11.5. The molecule has 2 aromatic rings. The number of aryl methyl sites for hydroxylation is 1. The van der Waals surface area contributed by atoms with Crippen LogP contribution in [-0.2, 0) is 17.6 Å². The molecule has 0 atom stereocenters. The second-order valence-corrected chi connectivity index (χ2v) is 5.45. The smallest absolute Gasteiger partial charge is 0.396 e. The van der Waals surface area contributed by atoms with Gasteiger partial charge in [-0.3, -0.25) is 0 Å². The molecule has 1 aliphatic rings. The Morgan fingerprint density at radius 2 is 2.19 bits per heavy atom. The lowest BCUT2D eigenvalue weighted by Crippen LogP contribution is -2.07. The van der Waals surface area contributed by atoms with E-state index in [1.54, 1.807) is 13.3 Å². The Bertz CT molecular complexity index is 659. The Morgan fingerprint density at radius 3 is 3.05 bits per heavy atom. The lowest BCUT2D eigenvalue weighted by molar-refractivity contribution is 0.0475. The zero-order valence-corrected chi connectivity index (χ0v) is 12.4. The molecule has 0 fully saturated rings. The van der Waals surface area contributed by atoms with Crippen LogP contribution >= 0.6 is 11.8 Å². The molecule has 110 valence electrons. The molecule has 0 saturated carbocycles. The van der Waals surface area contributed by atoms with E-state index >= 15 is 0 Å². The zero-order chi connectivity index (χ0) is 14.7. The van der Waals surface area contributed by atoms with Gasteiger partial charge in [0.15, 0.2) is 0 Å². The van der Waals surface area contributed by atoms with E-state index in [0.717, 1.165) is 42.0 Å². The number of esters is 1. The monoisotopic (exact) mass is 306 g/mol. The van der Waals surface area contributed by atoms with Crippen molar-refractivity contribution in [3.8, 4) is 0 Å². The van der Waals surface area contributed by atoms with Crippen molar-refractivity contribution in [2.24, 2.45) is 0 Å². The van der Waals surface area contributed by atoms with Crippen LogP contribution in [0, 0.1) is 0 Å². The lowest BCUT2D eigenvalue weighted by Gasteiger charge is -2.15. The predicted octanol–water partition coefficient (Wildman–Crippen LogP) is 2.07. The third-order valence-electron chi connectivity index (χ3n) is 3.13. The number of hydrogen-bond acceptors (Lipinski definition) is 8. The molecule has 0 aliphatic heterocycles. The van der Waals surface area contributed by atoms with E-state index in [0.29, 0.717) is 0 Å². The van der Waals surface area contributed by atoms with E-state index in [9.17, 15) is 4.79 Å². The van der Waals surface area contributed by atoms with Gasteiger partial charge in [-0.2, -0.15) is 0 Å². The van der Waals surface area contributed by atoms with Crippen molar-refractivity contribution < 1.29 is 13.9 Å². The normalized spacial score (nSPS) is 13.8. The molecule has 0 saturated heterocycles. The molecule has 2 heterocycles. The fourth-order valence-corrected chi connectivity index (χ4v) is 3.00. The summed E-state index contributed by atoms with van der Waals surface area (Å²) >= 11 is 1.26. The highest BCUT2D eigenvalue weighted by Gasteiger charge is 2.20. The Labute approximate surface area is 125 Å². The SMILES string of the molecule is CCOC(=O)c1nnc(Sc2ncnc3c2CCCC3)o1. The molecule has 0 radical (unpaired) electrons. The van der Waals surface area contributed by atoms with E-state index in [4.69, 9.17) is 9.15 Å². The first-order valence-electron chi connectivity index (χ1n) is 6.79. The summed E-state index contributed by atoms with van der Waals surface area (Å²) in [5.74, 6) is -0.746. The summed E-state index contributed by atoms with van der Waals surface area (Å²) in [6.45, 7) is 1.99. The third-order valence-corrected chi connectivity index (χ3v) is 4.01. The molecule has 0 N–H and O–H groups in total. The van der Waals surface area contributed by atoms with Crippen molar-refractivity contribution in [3.63, 3.8) is 0 Å². The third kappa shape index (κ3) is 3.05. The minimum atomic E-state index is -0.610. The van der Waals surface area contributed by atoms with E-state index < -0.39 is 5.97 Å². The highest BCUT2D eigenvalue weighted by atomic mass is 32.2. The van der Waals surface area contributed by atoms with Crippen LogP contribution in [0.3, 0.4) is 0 Å². The van der Waals surface area contributed by atoms with Crippen molar-refractivity contribution in [2.45, 2.75) is 42.9 Å². The minimum Gasteiger partial charge on any atom is -0.459 e. The molecular weight excluding hydrogens is 292 g/mol. The maximum Gasteiger partial charge on any atom is 0.396 e. The van der Waals surface area contributed by atoms with E-state index in [1.807, 2.05) is 0 Å². The molecule has 1 aliphatic carbocycles. The number of fused-ring (bicyclic) bond motifs is 1. The number of ether oxygens (including phenoxy) is 1. The first kappa shape index (κ1) is 14.0. The van der Waals surface area contributed by atoms with Crippen LogP contribution in [0.5, 0.6) is 0 Å². The summed E-state index contributed by atoms with van der Waals surface area (Å²) in [7, 11) is 0. The molecular formula is C13H14N4O3S. The van der Waals surface area contributed by atoms with Crippen LogP contribution in [0.4, 0.5) is 0 Å². The van der Waals surface area contributed by atoms with E-state index in [2.05, 4.69) is 20.2 Å². The number of nitrogens with zero attached hydrogens (tertiary/aromatic N) is 4. The van der Waals surface area contributed by atoms with Crippen molar-refractivity contribution in [3.05, 3.63) is 23.5 Å². The average molecular weight is 306 g/mol. The van der Waals surface area contributed by atoms with Crippen molar-refractivity contribution in [1.82, 2.24) is 20.2 Å². The Morgan fingerprint density at radius 1 is 1.33 bits per heavy atom. The fourth-order valence-electron chi connectivity index (χ4n) is 2.19. The Kier molecular flexibility index (Phi) is 4.14. The summed E-state index contributed by atoms with van der Waals surface area (Å²) in [5.41, 5.74) is 2.23. The molecule has 0 aromatic carbocycles. The van der Waals surface area contributed by atoms with E-state index in [-0.39, 0.29) is 17.7 Å².